The number of hydrogen-bond donors (Lipinski definition) is 2. The third-order valence-corrected chi connectivity index (χ3v) is 3.41. The monoisotopic (exact) mass is 284 g/mol. The van der Waals surface area contributed by atoms with Crippen molar-refractivity contribution in [3.63, 3.8) is 0 Å². The molecule has 3 rings (SSSR count). The summed E-state index contributed by atoms with van der Waals surface area (Å²) in [5.41, 5.74) is -0.120. The Balaban J connectivity index is 2.68. The number of carbonyl (C=O) groups is 2. The quantitative estimate of drug-likeness (QED) is 0.328. The molecule has 5 heteroatoms. The average Bonchev–Trinajstić information content (AvgIpc) is 2.49. The predicted octanol–water partition coefficient (Wildman–Crippen LogP) is 2.92. The number of fused-ring (bicyclic) bond motifs is 2. The Bertz CT molecular complexity index is 915. The van der Waals surface area contributed by atoms with Crippen LogP contribution in [0.4, 0.5) is 4.39 Å². The normalized spacial score (nSPS) is 10.9. The van der Waals surface area contributed by atoms with E-state index in [1.807, 2.05) is 0 Å². The molecule has 0 aliphatic rings. The molecule has 0 radical (unpaired) electrons. The fourth-order valence-corrected chi connectivity index (χ4v) is 2.50. The van der Waals surface area contributed by atoms with Crippen LogP contribution in [0.15, 0.2) is 36.4 Å². The van der Waals surface area contributed by atoms with Crippen molar-refractivity contribution in [3.8, 4) is 11.5 Å². The summed E-state index contributed by atoms with van der Waals surface area (Å²) in [7, 11) is 0. The van der Waals surface area contributed by atoms with E-state index >= 15 is 0 Å². The highest BCUT2D eigenvalue weighted by Crippen LogP contribution is 2.38. The van der Waals surface area contributed by atoms with E-state index in [0.717, 1.165) is 12.1 Å². The fraction of sp³-hybridized carbons (Fsp3) is 0. The Labute approximate surface area is 118 Å². The van der Waals surface area contributed by atoms with Crippen molar-refractivity contribution >= 4 is 33.6 Å². The van der Waals surface area contributed by atoms with E-state index in [2.05, 4.69) is 0 Å². The van der Waals surface area contributed by atoms with Gasteiger partial charge in [0.05, 0.1) is 0 Å². The number of phenols is 2. The number of aldehydes is 1. The maximum absolute atomic E-state index is 14.0. The van der Waals surface area contributed by atoms with Gasteiger partial charge in [-0.15, -0.1) is 0 Å². The molecular weight excluding hydrogens is 275 g/mol. The predicted molar refractivity (Wildman–Crippen MR) is 75.1 cm³/mol. The first-order valence-electron chi connectivity index (χ1n) is 6.10. The van der Waals surface area contributed by atoms with Gasteiger partial charge in [0.2, 0.25) is 5.78 Å². The van der Waals surface area contributed by atoms with Crippen LogP contribution in [0.2, 0.25) is 0 Å². The number of hydrogen-bond acceptors (Lipinski definition) is 4. The number of halogens is 1. The van der Waals surface area contributed by atoms with Crippen molar-refractivity contribution in [1.29, 1.82) is 0 Å². The lowest BCUT2D eigenvalue weighted by molar-refractivity contribution is -0.104. The van der Waals surface area contributed by atoms with Crippen molar-refractivity contribution in [2.45, 2.75) is 0 Å². The minimum Gasteiger partial charge on any atom is -0.507 e. The summed E-state index contributed by atoms with van der Waals surface area (Å²) in [5, 5.41) is 20.3. The van der Waals surface area contributed by atoms with E-state index in [-0.39, 0.29) is 44.9 Å². The van der Waals surface area contributed by atoms with Gasteiger partial charge in [-0.25, -0.2) is 4.39 Å². The molecule has 104 valence electrons. The van der Waals surface area contributed by atoms with Crippen molar-refractivity contribution in [1.82, 2.24) is 0 Å². The van der Waals surface area contributed by atoms with Gasteiger partial charge in [0.1, 0.15) is 17.3 Å². The molecule has 0 aliphatic carbocycles. The van der Waals surface area contributed by atoms with Gasteiger partial charge in [-0.3, -0.25) is 9.59 Å². The van der Waals surface area contributed by atoms with Crippen LogP contribution in [0.3, 0.4) is 0 Å². The Kier molecular flexibility index (Phi) is 2.83. The summed E-state index contributed by atoms with van der Waals surface area (Å²) >= 11 is 0. The zero-order valence-corrected chi connectivity index (χ0v) is 10.6. The van der Waals surface area contributed by atoms with Gasteiger partial charge < -0.3 is 10.2 Å². The highest BCUT2D eigenvalue weighted by molar-refractivity contribution is 6.40. The van der Waals surface area contributed by atoms with E-state index in [0.29, 0.717) is 0 Å². The van der Waals surface area contributed by atoms with Gasteiger partial charge >= 0.3 is 0 Å². The van der Waals surface area contributed by atoms with Crippen LogP contribution in [-0.2, 0) is 4.79 Å². The number of aromatic hydroxyl groups is 2. The molecule has 0 aliphatic heterocycles. The zero-order valence-electron chi connectivity index (χ0n) is 10.6. The first-order chi connectivity index (χ1) is 10.0. The van der Waals surface area contributed by atoms with Crippen LogP contribution in [0.1, 0.15) is 10.4 Å². The Morgan fingerprint density at radius 3 is 2.48 bits per heavy atom. The van der Waals surface area contributed by atoms with Crippen molar-refractivity contribution in [2.24, 2.45) is 0 Å². The second kappa shape index (κ2) is 4.56. The Morgan fingerprint density at radius 1 is 1.00 bits per heavy atom. The number of Topliss-reactive ketones (excluding diaryl/α,β-unsaturated/α-hetero) is 1. The number of rotatable bonds is 2. The molecule has 2 N–H and O–H groups in total. The van der Waals surface area contributed by atoms with Gasteiger partial charge in [-0.2, -0.15) is 0 Å². The SMILES string of the molecule is O=CC(=O)c1c2cccc(O)c2cc2c(F)ccc(O)c12. The molecule has 0 bridgehead atoms. The Hall–Kier alpha value is -2.95. The zero-order chi connectivity index (χ0) is 15.1. The highest BCUT2D eigenvalue weighted by atomic mass is 19.1. The van der Waals surface area contributed by atoms with Crippen molar-refractivity contribution < 1.29 is 24.2 Å². The van der Waals surface area contributed by atoms with Gasteiger partial charge in [0.25, 0.3) is 0 Å². The minimum atomic E-state index is -0.892. The molecule has 0 fully saturated rings. The molecule has 0 heterocycles. The molecule has 0 atom stereocenters. The summed E-state index contributed by atoms with van der Waals surface area (Å²) < 4.78 is 14.0. The van der Waals surface area contributed by atoms with Gasteiger partial charge in [0, 0.05) is 21.7 Å². The fourth-order valence-electron chi connectivity index (χ4n) is 2.50. The van der Waals surface area contributed by atoms with Gasteiger partial charge in [0.15, 0.2) is 6.29 Å². The van der Waals surface area contributed by atoms with E-state index in [9.17, 15) is 24.2 Å². The van der Waals surface area contributed by atoms with E-state index in [1.165, 1.54) is 24.3 Å². The number of benzene rings is 3. The molecule has 0 saturated heterocycles. The third kappa shape index (κ3) is 1.82. The van der Waals surface area contributed by atoms with Crippen LogP contribution >= 0.6 is 0 Å². The molecule has 3 aromatic carbocycles. The standard InChI is InChI=1S/C16H9FO4/c17-11-4-5-13(20)16-10(11)6-9-8(2-1-3-12(9)19)15(16)14(21)7-18/h1-7,19-20H. The summed E-state index contributed by atoms with van der Waals surface area (Å²) in [6, 6.07) is 7.93. The van der Waals surface area contributed by atoms with Gasteiger partial charge in [-0.1, -0.05) is 12.1 Å². The minimum absolute atomic E-state index is 0.0331. The lowest BCUT2D eigenvalue weighted by atomic mass is 9.93. The second-order valence-corrected chi connectivity index (χ2v) is 4.60. The first-order valence-corrected chi connectivity index (χ1v) is 6.10. The lowest BCUT2D eigenvalue weighted by Gasteiger charge is -2.11. The first kappa shape index (κ1) is 13.1. The topological polar surface area (TPSA) is 74.6 Å². The van der Waals surface area contributed by atoms with Crippen molar-refractivity contribution in [3.05, 3.63) is 47.8 Å². The lowest BCUT2D eigenvalue weighted by Crippen LogP contribution is -2.03. The summed E-state index contributed by atoms with van der Waals surface area (Å²) in [6.45, 7) is 0. The molecule has 0 unspecified atom stereocenters. The molecular formula is C16H9FO4. The molecule has 0 spiro atoms. The molecule has 21 heavy (non-hydrogen) atoms. The van der Waals surface area contributed by atoms with Crippen LogP contribution < -0.4 is 0 Å². The maximum Gasteiger partial charge on any atom is 0.226 e. The smallest absolute Gasteiger partial charge is 0.226 e. The molecule has 0 amide bonds. The molecule has 0 saturated carbocycles. The van der Waals surface area contributed by atoms with E-state index in [4.69, 9.17) is 0 Å². The summed E-state index contributed by atoms with van der Waals surface area (Å²) in [4.78, 5) is 22.8. The summed E-state index contributed by atoms with van der Waals surface area (Å²) in [6.07, 6.45) is 0.0998. The van der Waals surface area contributed by atoms with Crippen LogP contribution in [0.5, 0.6) is 11.5 Å². The van der Waals surface area contributed by atoms with Crippen LogP contribution in [-0.4, -0.2) is 22.3 Å². The number of ketones is 1. The average molecular weight is 284 g/mol. The number of carbonyl (C=O) groups excluding carboxylic acids is 2. The molecule has 3 aromatic rings. The molecule has 4 nitrogen and oxygen atoms in total. The Morgan fingerprint density at radius 2 is 1.76 bits per heavy atom. The van der Waals surface area contributed by atoms with Crippen molar-refractivity contribution in [2.75, 3.05) is 0 Å². The third-order valence-electron chi connectivity index (χ3n) is 3.41. The second-order valence-electron chi connectivity index (χ2n) is 4.60. The van der Waals surface area contributed by atoms with Crippen LogP contribution in [0.25, 0.3) is 21.5 Å². The number of phenolic OH excluding ortho intramolecular Hbond substituents is 2. The van der Waals surface area contributed by atoms with Crippen LogP contribution in [0, 0.1) is 5.82 Å². The summed E-state index contributed by atoms with van der Waals surface area (Å²) in [5.74, 6) is -2.00. The van der Waals surface area contributed by atoms with Gasteiger partial charge in [-0.05, 0) is 29.7 Å². The van der Waals surface area contributed by atoms with E-state index in [1.54, 1.807) is 0 Å². The largest absolute Gasteiger partial charge is 0.507 e. The highest BCUT2D eigenvalue weighted by Gasteiger charge is 2.20. The van der Waals surface area contributed by atoms with E-state index < -0.39 is 11.6 Å². The molecule has 0 aromatic heterocycles. The maximum atomic E-state index is 14.0.